The van der Waals surface area contributed by atoms with E-state index in [1.54, 1.807) is 6.92 Å². The molecule has 118 valence electrons. The molecule has 1 atom stereocenters. The lowest BCUT2D eigenvalue weighted by molar-refractivity contribution is -0.136. The lowest BCUT2D eigenvalue weighted by Crippen LogP contribution is -2.46. The molecule has 0 saturated carbocycles. The zero-order valence-corrected chi connectivity index (χ0v) is 12.4. The summed E-state index contributed by atoms with van der Waals surface area (Å²) in [5.41, 5.74) is 0.680. The minimum absolute atomic E-state index is 0.00644. The highest BCUT2D eigenvalue weighted by molar-refractivity contribution is 6.02. The number of ether oxygens (including phenoxy) is 2. The number of carboxylic acid groups (broad SMARTS) is 1. The number of hydrogen-bond donors (Lipinski definition) is 1. The average Bonchev–Trinajstić information content (AvgIpc) is 2.52. The number of hydrogen-bond acceptors (Lipinski definition) is 5. The first-order valence-corrected chi connectivity index (χ1v) is 6.88. The van der Waals surface area contributed by atoms with Crippen LogP contribution in [-0.4, -0.2) is 43.0 Å². The van der Waals surface area contributed by atoms with Crippen LogP contribution in [0.25, 0.3) is 0 Å². The fraction of sp³-hybridized carbons (Fsp3) is 0.400. The number of methoxy groups -OCH3 is 1. The van der Waals surface area contributed by atoms with Crippen molar-refractivity contribution in [2.75, 3.05) is 18.6 Å². The molecule has 7 nitrogen and oxygen atoms in total. The van der Waals surface area contributed by atoms with Crippen molar-refractivity contribution in [2.45, 2.75) is 25.9 Å². The van der Waals surface area contributed by atoms with Crippen LogP contribution >= 0.6 is 0 Å². The van der Waals surface area contributed by atoms with Gasteiger partial charge in [-0.3, -0.25) is 14.4 Å². The highest BCUT2D eigenvalue weighted by Gasteiger charge is 2.35. The van der Waals surface area contributed by atoms with E-state index in [1.165, 1.54) is 24.1 Å². The molecule has 1 aliphatic heterocycles. The largest absolute Gasteiger partial charge is 0.493 e. The molecule has 1 aliphatic rings. The van der Waals surface area contributed by atoms with Crippen molar-refractivity contribution in [1.82, 2.24) is 0 Å². The van der Waals surface area contributed by atoms with E-state index < -0.39 is 12.1 Å². The SMILES string of the molecule is CCC1Oc2c(OC)cc(C=O)cc2N(CCC(=O)O)C1=O. The van der Waals surface area contributed by atoms with Gasteiger partial charge >= 0.3 is 5.97 Å². The zero-order chi connectivity index (χ0) is 16.3. The van der Waals surface area contributed by atoms with Crippen LogP contribution in [0.15, 0.2) is 12.1 Å². The zero-order valence-electron chi connectivity index (χ0n) is 12.4. The molecule has 0 fully saturated rings. The number of amides is 1. The molecule has 1 aromatic carbocycles. The lowest BCUT2D eigenvalue weighted by Gasteiger charge is -2.34. The van der Waals surface area contributed by atoms with Crippen molar-refractivity contribution in [3.05, 3.63) is 17.7 Å². The number of nitrogens with zero attached hydrogens (tertiary/aromatic N) is 1. The number of aldehydes is 1. The van der Waals surface area contributed by atoms with Crippen LogP contribution in [0, 0.1) is 0 Å². The molecular formula is C15H17NO6. The summed E-state index contributed by atoms with van der Waals surface area (Å²) in [7, 11) is 1.44. The predicted octanol–water partition coefficient (Wildman–Crippen LogP) is 1.49. The first-order valence-electron chi connectivity index (χ1n) is 6.88. The number of rotatable bonds is 6. The van der Waals surface area contributed by atoms with Crippen LogP contribution in [0.1, 0.15) is 30.1 Å². The van der Waals surface area contributed by atoms with E-state index >= 15 is 0 Å². The Labute approximate surface area is 127 Å². The normalized spacial score (nSPS) is 16.7. The standard InChI is InChI=1S/C15H17NO6/c1-3-11-15(20)16(5-4-13(18)19)10-6-9(8-17)7-12(21-2)14(10)22-11/h6-8,11H,3-5H2,1-2H3,(H,18,19). The van der Waals surface area contributed by atoms with Gasteiger partial charge in [-0.2, -0.15) is 0 Å². The Kier molecular flexibility index (Phi) is 4.65. The van der Waals surface area contributed by atoms with Crippen molar-refractivity contribution in [3.8, 4) is 11.5 Å². The molecule has 1 amide bonds. The summed E-state index contributed by atoms with van der Waals surface area (Å²) in [6.07, 6.45) is 0.182. The Hall–Kier alpha value is -2.57. The fourth-order valence-corrected chi connectivity index (χ4v) is 2.33. The van der Waals surface area contributed by atoms with E-state index in [-0.39, 0.29) is 18.9 Å². The second kappa shape index (κ2) is 6.46. The quantitative estimate of drug-likeness (QED) is 0.800. The summed E-state index contributed by atoms with van der Waals surface area (Å²) >= 11 is 0. The first kappa shape index (κ1) is 15.8. The Morgan fingerprint density at radius 2 is 2.23 bits per heavy atom. The van der Waals surface area contributed by atoms with Crippen LogP contribution in [0.4, 0.5) is 5.69 Å². The third-order valence-corrected chi connectivity index (χ3v) is 3.43. The summed E-state index contributed by atoms with van der Waals surface area (Å²) in [4.78, 5) is 35.6. The van der Waals surface area contributed by atoms with Crippen LogP contribution < -0.4 is 14.4 Å². The molecule has 0 bridgehead atoms. The maximum atomic E-state index is 12.4. The average molecular weight is 307 g/mol. The number of carbonyl (C=O) groups is 3. The predicted molar refractivity (Wildman–Crippen MR) is 77.7 cm³/mol. The molecule has 1 N–H and O–H groups in total. The van der Waals surface area contributed by atoms with Gasteiger partial charge in [-0.25, -0.2) is 0 Å². The molecule has 7 heteroatoms. The molecule has 0 saturated heterocycles. The van der Waals surface area contributed by atoms with E-state index in [9.17, 15) is 14.4 Å². The van der Waals surface area contributed by atoms with Gasteiger partial charge in [0.2, 0.25) is 0 Å². The van der Waals surface area contributed by atoms with Gasteiger partial charge in [0.1, 0.15) is 6.29 Å². The van der Waals surface area contributed by atoms with Gasteiger partial charge in [-0.15, -0.1) is 0 Å². The molecule has 1 heterocycles. The van der Waals surface area contributed by atoms with E-state index in [1.807, 2.05) is 0 Å². The lowest BCUT2D eigenvalue weighted by atomic mass is 10.1. The Morgan fingerprint density at radius 3 is 2.77 bits per heavy atom. The number of benzene rings is 1. The number of aliphatic carboxylic acids is 1. The Balaban J connectivity index is 2.52. The second-order valence-electron chi connectivity index (χ2n) is 4.84. The van der Waals surface area contributed by atoms with Crippen molar-refractivity contribution in [1.29, 1.82) is 0 Å². The van der Waals surface area contributed by atoms with Crippen LogP contribution in [0.2, 0.25) is 0 Å². The van der Waals surface area contributed by atoms with E-state index in [2.05, 4.69) is 0 Å². The molecule has 22 heavy (non-hydrogen) atoms. The van der Waals surface area contributed by atoms with Gasteiger partial charge in [0, 0.05) is 12.1 Å². The number of carbonyl (C=O) groups excluding carboxylic acids is 2. The molecule has 1 aromatic rings. The smallest absolute Gasteiger partial charge is 0.305 e. The van der Waals surface area contributed by atoms with Crippen molar-refractivity contribution >= 4 is 23.9 Å². The van der Waals surface area contributed by atoms with Gasteiger partial charge in [0.05, 0.1) is 19.2 Å². The summed E-state index contributed by atoms with van der Waals surface area (Å²) < 4.78 is 10.9. The summed E-state index contributed by atoms with van der Waals surface area (Å²) in [5.74, 6) is -0.635. The number of fused-ring (bicyclic) bond motifs is 1. The minimum Gasteiger partial charge on any atom is -0.493 e. The fourth-order valence-electron chi connectivity index (χ4n) is 2.33. The second-order valence-corrected chi connectivity index (χ2v) is 4.84. The third kappa shape index (κ3) is 2.88. The molecule has 0 radical (unpaired) electrons. The molecular weight excluding hydrogens is 290 g/mol. The molecule has 0 aromatic heterocycles. The third-order valence-electron chi connectivity index (χ3n) is 3.43. The van der Waals surface area contributed by atoms with Crippen molar-refractivity contribution in [3.63, 3.8) is 0 Å². The minimum atomic E-state index is -1.01. The Morgan fingerprint density at radius 1 is 1.50 bits per heavy atom. The number of anilines is 1. The molecule has 1 unspecified atom stereocenters. The molecule has 0 aliphatic carbocycles. The summed E-state index contributed by atoms with van der Waals surface area (Å²) in [6, 6.07) is 3.01. The van der Waals surface area contributed by atoms with Gasteiger partial charge in [-0.1, -0.05) is 6.92 Å². The Bertz CT molecular complexity index is 612. The molecule has 0 spiro atoms. The van der Waals surface area contributed by atoms with E-state index in [0.717, 1.165) is 0 Å². The monoisotopic (exact) mass is 307 g/mol. The van der Waals surface area contributed by atoms with Gasteiger partial charge in [-0.05, 0) is 18.6 Å². The van der Waals surface area contributed by atoms with E-state index in [0.29, 0.717) is 35.5 Å². The highest BCUT2D eigenvalue weighted by Crippen LogP contribution is 2.43. The van der Waals surface area contributed by atoms with E-state index in [4.69, 9.17) is 14.6 Å². The van der Waals surface area contributed by atoms with Crippen LogP contribution in [-0.2, 0) is 9.59 Å². The van der Waals surface area contributed by atoms with Crippen LogP contribution in [0.3, 0.4) is 0 Å². The highest BCUT2D eigenvalue weighted by atomic mass is 16.5. The maximum Gasteiger partial charge on any atom is 0.305 e. The van der Waals surface area contributed by atoms with Crippen molar-refractivity contribution < 1.29 is 29.0 Å². The van der Waals surface area contributed by atoms with Gasteiger partial charge < -0.3 is 19.5 Å². The maximum absolute atomic E-state index is 12.4. The van der Waals surface area contributed by atoms with Crippen molar-refractivity contribution in [2.24, 2.45) is 0 Å². The first-order chi connectivity index (χ1) is 10.5. The summed E-state index contributed by atoms with van der Waals surface area (Å²) in [5, 5.41) is 8.85. The number of carboxylic acids is 1. The topological polar surface area (TPSA) is 93.1 Å². The summed E-state index contributed by atoms with van der Waals surface area (Å²) in [6.45, 7) is 1.81. The van der Waals surface area contributed by atoms with Gasteiger partial charge in [0.25, 0.3) is 5.91 Å². The van der Waals surface area contributed by atoms with Crippen LogP contribution in [0.5, 0.6) is 11.5 Å². The molecule has 2 rings (SSSR count). The van der Waals surface area contributed by atoms with Gasteiger partial charge in [0.15, 0.2) is 17.6 Å².